The van der Waals surface area contributed by atoms with Crippen molar-refractivity contribution in [2.45, 2.75) is 17.1 Å². The molecule has 1 atom stereocenters. The van der Waals surface area contributed by atoms with E-state index in [2.05, 4.69) is 16.0 Å². The monoisotopic (exact) mass is 641 g/mol. The molecule has 10 nitrogen and oxygen atoms in total. The van der Waals surface area contributed by atoms with E-state index in [1.54, 1.807) is 91.9 Å². The molecule has 0 heterocycles. The Bertz CT molecular complexity index is 1700. The smallest absolute Gasteiger partial charge is 0.272 e. The minimum Gasteiger partial charge on any atom is -0.497 e. The van der Waals surface area contributed by atoms with Crippen LogP contribution in [0.1, 0.15) is 22.8 Å². The predicted molar refractivity (Wildman–Crippen MR) is 180 cm³/mol. The number of hydrogen-bond acceptors (Lipinski definition) is 8. The highest BCUT2D eigenvalue weighted by molar-refractivity contribution is 8.00. The number of carbonyl (C=O) groups is 3. The summed E-state index contributed by atoms with van der Waals surface area (Å²) in [4.78, 5) is 40.5. The van der Waals surface area contributed by atoms with Crippen molar-refractivity contribution in [2.75, 3.05) is 39.1 Å². The Labute approximate surface area is 272 Å². The number of carbonyl (C=O) groups excluding carboxylic acids is 3. The Kier molecular flexibility index (Phi) is 11.7. The number of thioether (sulfide) groups is 1. The molecule has 0 bridgehead atoms. The van der Waals surface area contributed by atoms with E-state index in [9.17, 15) is 14.4 Å². The number of methoxy groups -OCH3 is 4. The summed E-state index contributed by atoms with van der Waals surface area (Å²) >= 11 is 1.32. The second-order valence-corrected chi connectivity index (χ2v) is 11.2. The molecule has 4 aromatic rings. The highest BCUT2D eigenvalue weighted by Gasteiger charge is 2.19. The lowest BCUT2D eigenvalue weighted by Crippen LogP contribution is -2.30. The zero-order valence-corrected chi connectivity index (χ0v) is 26.9. The molecule has 3 N–H and O–H groups in total. The highest BCUT2D eigenvalue weighted by Crippen LogP contribution is 2.30. The number of anilines is 2. The normalized spacial score (nSPS) is 11.5. The third kappa shape index (κ3) is 9.05. The van der Waals surface area contributed by atoms with Crippen LogP contribution in [0.3, 0.4) is 0 Å². The Morgan fingerprint density at radius 3 is 2.04 bits per heavy atom. The van der Waals surface area contributed by atoms with Gasteiger partial charge in [0.2, 0.25) is 5.91 Å². The fourth-order valence-electron chi connectivity index (χ4n) is 4.28. The maximum Gasteiger partial charge on any atom is 0.272 e. The van der Waals surface area contributed by atoms with Crippen molar-refractivity contribution < 1.29 is 33.3 Å². The van der Waals surface area contributed by atoms with Crippen LogP contribution in [0.25, 0.3) is 6.08 Å². The number of rotatable bonds is 13. The van der Waals surface area contributed by atoms with E-state index in [1.165, 1.54) is 46.3 Å². The summed E-state index contributed by atoms with van der Waals surface area (Å²) in [5.41, 5.74) is 1.91. The van der Waals surface area contributed by atoms with Crippen molar-refractivity contribution in [1.82, 2.24) is 5.32 Å². The van der Waals surface area contributed by atoms with Crippen molar-refractivity contribution in [3.63, 3.8) is 0 Å². The van der Waals surface area contributed by atoms with E-state index in [-0.39, 0.29) is 11.6 Å². The van der Waals surface area contributed by atoms with Crippen molar-refractivity contribution in [2.24, 2.45) is 0 Å². The second-order valence-electron chi connectivity index (χ2n) is 9.82. The number of benzene rings is 4. The molecule has 0 fully saturated rings. The third-order valence-electron chi connectivity index (χ3n) is 6.66. The van der Waals surface area contributed by atoms with Crippen LogP contribution in [0.15, 0.2) is 102 Å². The van der Waals surface area contributed by atoms with Crippen molar-refractivity contribution >= 4 is 46.9 Å². The van der Waals surface area contributed by atoms with Gasteiger partial charge in [0.1, 0.15) is 28.7 Å². The van der Waals surface area contributed by atoms with Gasteiger partial charge >= 0.3 is 0 Å². The van der Waals surface area contributed by atoms with Crippen LogP contribution < -0.4 is 34.9 Å². The molecule has 0 saturated heterocycles. The molecule has 0 aliphatic carbocycles. The van der Waals surface area contributed by atoms with Crippen molar-refractivity contribution in [3.8, 4) is 23.0 Å². The van der Waals surface area contributed by atoms with Crippen LogP contribution >= 0.6 is 11.8 Å². The number of ether oxygens (including phenoxy) is 4. The molecule has 0 saturated carbocycles. The summed E-state index contributed by atoms with van der Waals surface area (Å²) in [7, 11) is 6.12. The van der Waals surface area contributed by atoms with Gasteiger partial charge in [0, 0.05) is 45.6 Å². The Hall–Kier alpha value is -5.42. The Morgan fingerprint density at radius 2 is 1.39 bits per heavy atom. The van der Waals surface area contributed by atoms with E-state index < -0.39 is 17.1 Å². The summed E-state index contributed by atoms with van der Waals surface area (Å²) in [5, 5.41) is 7.99. The molecule has 238 valence electrons. The Morgan fingerprint density at radius 1 is 0.696 bits per heavy atom. The quantitative estimate of drug-likeness (QED) is 0.116. The second kappa shape index (κ2) is 16.1. The SMILES string of the molecule is COc1cc(NC(=O)C(C)Sc2cccc(NC(=O)/C(=C\c3cc(OC)ccc3OC)NC(=O)c3ccccc3)c2)cc(OC)c1. The number of amides is 3. The first-order valence-corrected chi connectivity index (χ1v) is 15.0. The lowest BCUT2D eigenvalue weighted by Gasteiger charge is -2.15. The summed E-state index contributed by atoms with van der Waals surface area (Å²) in [5.74, 6) is 0.896. The van der Waals surface area contributed by atoms with Gasteiger partial charge in [0.25, 0.3) is 11.8 Å². The fraction of sp³-hybridized carbons (Fsp3) is 0.171. The highest BCUT2D eigenvalue weighted by atomic mass is 32.2. The molecule has 0 aliphatic heterocycles. The molecule has 4 rings (SSSR count). The van der Waals surface area contributed by atoms with Crippen LogP contribution in [-0.2, 0) is 9.59 Å². The van der Waals surface area contributed by atoms with Gasteiger partial charge in [-0.1, -0.05) is 24.3 Å². The number of nitrogens with one attached hydrogen (secondary N) is 3. The number of hydrogen-bond donors (Lipinski definition) is 3. The van der Waals surface area contributed by atoms with Gasteiger partial charge in [-0.15, -0.1) is 11.8 Å². The summed E-state index contributed by atoms with van der Waals surface area (Å²) < 4.78 is 21.4. The average Bonchev–Trinajstić information content (AvgIpc) is 3.08. The van der Waals surface area contributed by atoms with E-state index in [0.717, 1.165) is 4.90 Å². The summed E-state index contributed by atoms with van der Waals surface area (Å²) in [6.45, 7) is 1.78. The van der Waals surface area contributed by atoms with Crippen LogP contribution in [-0.4, -0.2) is 51.4 Å². The van der Waals surface area contributed by atoms with Crippen LogP contribution in [0, 0.1) is 0 Å². The lowest BCUT2D eigenvalue weighted by atomic mass is 10.1. The maximum atomic E-state index is 13.6. The molecule has 0 aliphatic rings. The van der Waals surface area contributed by atoms with Crippen molar-refractivity contribution in [1.29, 1.82) is 0 Å². The molecule has 1 unspecified atom stereocenters. The molecular weight excluding hydrogens is 606 g/mol. The topological polar surface area (TPSA) is 124 Å². The van der Waals surface area contributed by atoms with Gasteiger partial charge in [0.05, 0.1) is 33.7 Å². The van der Waals surface area contributed by atoms with Crippen molar-refractivity contribution in [3.05, 3.63) is 108 Å². The molecule has 3 amide bonds. The van der Waals surface area contributed by atoms with Gasteiger partial charge in [-0.25, -0.2) is 0 Å². The Balaban J connectivity index is 1.53. The fourth-order valence-corrected chi connectivity index (χ4v) is 5.20. The zero-order chi connectivity index (χ0) is 33.1. The summed E-state index contributed by atoms with van der Waals surface area (Å²) in [6.07, 6.45) is 1.52. The molecule has 0 radical (unpaired) electrons. The average molecular weight is 642 g/mol. The molecule has 11 heteroatoms. The molecule has 0 spiro atoms. The maximum absolute atomic E-state index is 13.6. The van der Waals surface area contributed by atoms with Gasteiger partial charge < -0.3 is 34.9 Å². The van der Waals surface area contributed by atoms with E-state index in [4.69, 9.17) is 18.9 Å². The standard InChI is InChI=1S/C35H35N3O7S/c1-22(33(39)37-26-18-28(43-3)21-29(19-26)44-4)46-30-13-9-12-25(20-30)36-35(41)31(38-34(40)23-10-7-6-8-11-23)17-24-16-27(42-2)14-15-32(24)45-5/h6-22H,1-5H3,(H,36,41)(H,37,39)(H,38,40)/b31-17+. The molecule has 4 aromatic carbocycles. The van der Waals surface area contributed by atoms with E-state index in [0.29, 0.717) is 45.5 Å². The first-order valence-electron chi connectivity index (χ1n) is 14.1. The van der Waals surface area contributed by atoms with Crippen LogP contribution in [0.2, 0.25) is 0 Å². The first-order chi connectivity index (χ1) is 22.2. The van der Waals surface area contributed by atoms with Crippen LogP contribution in [0.4, 0.5) is 11.4 Å². The minimum atomic E-state index is -0.561. The molecule has 0 aromatic heterocycles. The minimum absolute atomic E-state index is 0.0140. The summed E-state index contributed by atoms with van der Waals surface area (Å²) in [6, 6.07) is 25.9. The largest absolute Gasteiger partial charge is 0.497 e. The third-order valence-corrected chi connectivity index (χ3v) is 7.75. The van der Waals surface area contributed by atoms with E-state index in [1.807, 2.05) is 6.07 Å². The first kappa shape index (κ1) is 33.5. The van der Waals surface area contributed by atoms with Gasteiger partial charge in [-0.3, -0.25) is 14.4 Å². The predicted octanol–water partition coefficient (Wildman–Crippen LogP) is 6.25. The lowest BCUT2D eigenvalue weighted by molar-refractivity contribution is -0.115. The van der Waals surface area contributed by atoms with Gasteiger partial charge in [0.15, 0.2) is 0 Å². The van der Waals surface area contributed by atoms with Crippen LogP contribution in [0.5, 0.6) is 23.0 Å². The molecular formula is C35H35N3O7S. The van der Waals surface area contributed by atoms with Gasteiger partial charge in [-0.2, -0.15) is 0 Å². The van der Waals surface area contributed by atoms with Gasteiger partial charge in [-0.05, 0) is 61.5 Å². The molecule has 46 heavy (non-hydrogen) atoms. The van der Waals surface area contributed by atoms with E-state index >= 15 is 0 Å². The zero-order valence-electron chi connectivity index (χ0n) is 26.1.